The first-order valence-corrected chi connectivity index (χ1v) is 8.18. The molecule has 0 spiro atoms. The van der Waals surface area contributed by atoms with Crippen molar-refractivity contribution in [2.75, 3.05) is 5.43 Å². The van der Waals surface area contributed by atoms with E-state index < -0.39 is 0 Å². The summed E-state index contributed by atoms with van der Waals surface area (Å²) in [7, 11) is 0. The van der Waals surface area contributed by atoms with Crippen LogP contribution in [0.5, 0.6) is 0 Å². The number of nitrogens with one attached hydrogen (secondary N) is 2. The van der Waals surface area contributed by atoms with E-state index in [2.05, 4.69) is 20.6 Å². The van der Waals surface area contributed by atoms with Crippen LogP contribution in [0, 0.1) is 4.77 Å². The molecule has 0 unspecified atom stereocenters. The van der Waals surface area contributed by atoms with E-state index in [0.717, 1.165) is 22.6 Å². The Kier molecular flexibility index (Phi) is 4.14. The zero-order chi connectivity index (χ0) is 17.1. The summed E-state index contributed by atoms with van der Waals surface area (Å²) in [6.07, 6.45) is 3.44. The maximum Gasteiger partial charge on any atom is 0.214 e. The minimum atomic E-state index is 0.485. The standard InChI is InChI=1S/C18H15N5OS/c25-18-22-21-17(14-8-10-19-11-9-14)23(18)20-12-15-6-7-16(24-15)13-4-2-1-3-5-13/h1-11,20H,12H2,(H,22,25). The summed E-state index contributed by atoms with van der Waals surface area (Å²) in [5.41, 5.74) is 5.21. The molecule has 0 amide bonds. The van der Waals surface area contributed by atoms with Gasteiger partial charge in [-0.1, -0.05) is 30.3 Å². The number of hydrogen-bond donors (Lipinski definition) is 2. The highest BCUT2D eigenvalue weighted by Crippen LogP contribution is 2.22. The average Bonchev–Trinajstić information content (AvgIpc) is 3.28. The lowest BCUT2D eigenvalue weighted by atomic mass is 10.2. The molecule has 4 rings (SSSR count). The fourth-order valence-corrected chi connectivity index (χ4v) is 2.72. The lowest BCUT2D eigenvalue weighted by Gasteiger charge is -2.08. The maximum absolute atomic E-state index is 5.90. The molecule has 1 aromatic carbocycles. The summed E-state index contributed by atoms with van der Waals surface area (Å²) in [4.78, 5) is 4.02. The average molecular weight is 349 g/mol. The third kappa shape index (κ3) is 3.22. The molecule has 0 fully saturated rings. The molecule has 0 saturated heterocycles. The van der Waals surface area contributed by atoms with Crippen LogP contribution in [-0.4, -0.2) is 19.9 Å². The molecule has 0 radical (unpaired) electrons. The zero-order valence-corrected chi connectivity index (χ0v) is 14.0. The fraction of sp³-hybridized carbons (Fsp3) is 0.0556. The molecule has 0 saturated carbocycles. The minimum absolute atomic E-state index is 0.485. The molecule has 4 aromatic rings. The summed E-state index contributed by atoms with van der Waals surface area (Å²) in [6, 6.07) is 17.7. The second-order valence-corrected chi connectivity index (χ2v) is 5.78. The number of nitrogens with zero attached hydrogens (tertiary/aromatic N) is 3. The number of rotatable bonds is 5. The third-order valence-corrected chi connectivity index (χ3v) is 4.02. The monoisotopic (exact) mass is 349 g/mol. The van der Waals surface area contributed by atoms with Gasteiger partial charge in [0.15, 0.2) is 5.82 Å². The number of aromatic amines is 1. The van der Waals surface area contributed by atoms with Crippen LogP contribution in [0.4, 0.5) is 0 Å². The van der Waals surface area contributed by atoms with E-state index in [1.165, 1.54) is 0 Å². The Morgan fingerprint density at radius 2 is 1.80 bits per heavy atom. The van der Waals surface area contributed by atoms with E-state index in [0.29, 0.717) is 17.1 Å². The topological polar surface area (TPSA) is 71.7 Å². The summed E-state index contributed by atoms with van der Waals surface area (Å²) in [6.45, 7) is 0.485. The predicted octanol–water partition coefficient (Wildman–Crippen LogP) is 4.01. The highest BCUT2D eigenvalue weighted by Gasteiger charge is 2.10. The Balaban J connectivity index is 1.54. The number of hydrogen-bond acceptors (Lipinski definition) is 5. The largest absolute Gasteiger partial charge is 0.459 e. The van der Waals surface area contributed by atoms with E-state index in [9.17, 15) is 0 Å². The number of H-pyrrole nitrogens is 1. The highest BCUT2D eigenvalue weighted by atomic mass is 32.1. The molecular formula is C18H15N5OS. The molecular weight excluding hydrogens is 334 g/mol. The van der Waals surface area contributed by atoms with Crippen LogP contribution in [0.1, 0.15) is 5.76 Å². The molecule has 0 aliphatic rings. The zero-order valence-electron chi connectivity index (χ0n) is 13.2. The van der Waals surface area contributed by atoms with Crippen LogP contribution in [-0.2, 0) is 6.54 Å². The van der Waals surface area contributed by atoms with Gasteiger partial charge in [0.2, 0.25) is 4.77 Å². The number of pyridine rings is 1. The minimum Gasteiger partial charge on any atom is -0.459 e. The molecule has 3 heterocycles. The Morgan fingerprint density at radius 1 is 1.00 bits per heavy atom. The van der Waals surface area contributed by atoms with Gasteiger partial charge in [-0.25, -0.2) is 9.77 Å². The fourth-order valence-electron chi connectivity index (χ4n) is 2.53. The first-order valence-electron chi connectivity index (χ1n) is 7.77. The van der Waals surface area contributed by atoms with Crippen molar-refractivity contribution >= 4 is 12.2 Å². The summed E-state index contributed by atoms with van der Waals surface area (Å²) in [5.74, 6) is 2.34. The Morgan fingerprint density at radius 3 is 2.60 bits per heavy atom. The summed E-state index contributed by atoms with van der Waals surface area (Å²) < 4.78 is 8.12. The molecule has 2 N–H and O–H groups in total. The quantitative estimate of drug-likeness (QED) is 0.533. The molecule has 0 bridgehead atoms. The first kappa shape index (κ1) is 15.3. The molecule has 124 valence electrons. The van der Waals surface area contributed by atoms with Gasteiger partial charge in [-0.3, -0.25) is 4.98 Å². The van der Waals surface area contributed by atoms with Gasteiger partial charge in [0, 0.05) is 23.5 Å². The normalized spacial score (nSPS) is 10.7. The van der Waals surface area contributed by atoms with E-state index in [-0.39, 0.29) is 0 Å². The lowest BCUT2D eigenvalue weighted by Crippen LogP contribution is -2.15. The Bertz CT molecular complexity index is 1020. The van der Waals surface area contributed by atoms with Crippen molar-refractivity contribution in [2.24, 2.45) is 0 Å². The number of aromatic nitrogens is 4. The number of furan rings is 1. The predicted molar refractivity (Wildman–Crippen MR) is 97.9 cm³/mol. The second-order valence-electron chi connectivity index (χ2n) is 5.39. The van der Waals surface area contributed by atoms with Crippen molar-refractivity contribution in [3.63, 3.8) is 0 Å². The molecule has 0 atom stereocenters. The van der Waals surface area contributed by atoms with E-state index in [4.69, 9.17) is 16.6 Å². The van der Waals surface area contributed by atoms with Crippen LogP contribution in [0.2, 0.25) is 0 Å². The van der Waals surface area contributed by atoms with Crippen molar-refractivity contribution in [3.8, 4) is 22.7 Å². The van der Waals surface area contributed by atoms with Gasteiger partial charge in [-0.05, 0) is 36.5 Å². The van der Waals surface area contributed by atoms with Crippen molar-refractivity contribution in [1.29, 1.82) is 0 Å². The second kappa shape index (κ2) is 6.74. The molecule has 0 aliphatic heterocycles. The maximum atomic E-state index is 5.90. The summed E-state index contributed by atoms with van der Waals surface area (Å²) >= 11 is 5.31. The van der Waals surface area contributed by atoms with Gasteiger partial charge < -0.3 is 9.84 Å². The molecule has 0 aliphatic carbocycles. The third-order valence-electron chi connectivity index (χ3n) is 3.74. The van der Waals surface area contributed by atoms with E-state index >= 15 is 0 Å². The van der Waals surface area contributed by atoms with E-state index in [1.54, 1.807) is 17.1 Å². The van der Waals surface area contributed by atoms with Crippen LogP contribution in [0.25, 0.3) is 22.7 Å². The smallest absolute Gasteiger partial charge is 0.214 e. The van der Waals surface area contributed by atoms with Crippen molar-refractivity contribution in [2.45, 2.75) is 6.54 Å². The van der Waals surface area contributed by atoms with Crippen molar-refractivity contribution in [3.05, 3.63) is 77.5 Å². The summed E-state index contributed by atoms with van der Waals surface area (Å²) in [5, 5.41) is 7.08. The molecule has 3 aromatic heterocycles. The highest BCUT2D eigenvalue weighted by molar-refractivity contribution is 7.71. The van der Waals surface area contributed by atoms with Crippen LogP contribution >= 0.6 is 12.2 Å². The van der Waals surface area contributed by atoms with Gasteiger partial charge in [0.1, 0.15) is 11.5 Å². The SMILES string of the molecule is S=c1[nH]nc(-c2ccncc2)n1NCc1ccc(-c2ccccc2)o1. The van der Waals surface area contributed by atoms with Gasteiger partial charge in [-0.2, -0.15) is 5.10 Å². The van der Waals surface area contributed by atoms with Crippen LogP contribution in [0.15, 0.2) is 71.4 Å². The molecule has 25 heavy (non-hydrogen) atoms. The first-order chi connectivity index (χ1) is 12.3. The molecule has 7 heteroatoms. The van der Waals surface area contributed by atoms with Gasteiger partial charge in [0.05, 0.1) is 6.54 Å². The Hall–Kier alpha value is -3.19. The van der Waals surface area contributed by atoms with Crippen LogP contribution < -0.4 is 5.43 Å². The van der Waals surface area contributed by atoms with Crippen molar-refractivity contribution < 1.29 is 4.42 Å². The van der Waals surface area contributed by atoms with Crippen LogP contribution in [0.3, 0.4) is 0 Å². The number of benzene rings is 1. The lowest BCUT2D eigenvalue weighted by molar-refractivity contribution is 0.523. The Labute approximate surface area is 149 Å². The van der Waals surface area contributed by atoms with E-state index in [1.807, 2.05) is 54.6 Å². The van der Waals surface area contributed by atoms with Crippen molar-refractivity contribution in [1.82, 2.24) is 19.9 Å². The van der Waals surface area contributed by atoms with Gasteiger partial charge in [0.25, 0.3) is 0 Å². The van der Waals surface area contributed by atoms with Gasteiger partial charge in [-0.15, -0.1) is 0 Å². The molecule has 6 nitrogen and oxygen atoms in total. The van der Waals surface area contributed by atoms with Gasteiger partial charge >= 0.3 is 0 Å².